The SMILES string of the molecule is Cc1ccc(S(=O)(=O)CC2C(c3ccccc3)CCC(c3ccccc3)C2CS(=O)(=O)c2ccc(C)cc2)cc1. The third kappa shape index (κ3) is 6.24. The van der Waals surface area contributed by atoms with Crippen molar-refractivity contribution >= 4 is 19.7 Å². The van der Waals surface area contributed by atoms with Gasteiger partial charge < -0.3 is 0 Å². The van der Waals surface area contributed by atoms with Crippen LogP contribution in [-0.2, 0) is 19.7 Å². The lowest BCUT2D eigenvalue weighted by Gasteiger charge is -2.43. The maximum absolute atomic E-state index is 13.9. The Balaban J connectivity index is 1.62. The molecule has 6 heteroatoms. The topological polar surface area (TPSA) is 68.3 Å². The molecule has 208 valence electrons. The Morgan fingerprint density at radius 3 is 1.15 bits per heavy atom. The molecule has 1 aliphatic rings. The molecule has 0 radical (unpaired) electrons. The zero-order valence-electron chi connectivity index (χ0n) is 23.0. The Kier molecular flexibility index (Phi) is 8.29. The first-order chi connectivity index (χ1) is 19.1. The Labute approximate surface area is 238 Å². The second-order valence-electron chi connectivity index (χ2n) is 11.1. The summed E-state index contributed by atoms with van der Waals surface area (Å²) in [5.41, 5.74) is 4.11. The van der Waals surface area contributed by atoms with Gasteiger partial charge in [-0.1, -0.05) is 96.1 Å². The molecule has 0 bridgehead atoms. The van der Waals surface area contributed by atoms with E-state index in [0.29, 0.717) is 0 Å². The molecule has 4 aromatic rings. The second-order valence-corrected chi connectivity index (χ2v) is 15.2. The van der Waals surface area contributed by atoms with E-state index in [1.807, 2.05) is 98.8 Å². The average Bonchev–Trinajstić information content (AvgIpc) is 2.95. The number of aryl methyl sites for hydroxylation is 2. The minimum atomic E-state index is -3.68. The molecule has 0 amide bonds. The highest BCUT2D eigenvalue weighted by atomic mass is 32.2. The van der Waals surface area contributed by atoms with Crippen LogP contribution in [0.4, 0.5) is 0 Å². The molecule has 5 rings (SSSR count). The van der Waals surface area contributed by atoms with Crippen molar-refractivity contribution in [1.82, 2.24) is 0 Å². The summed E-state index contributed by atoms with van der Waals surface area (Å²) >= 11 is 0. The van der Waals surface area contributed by atoms with Crippen LogP contribution in [0.5, 0.6) is 0 Å². The lowest BCUT2D eigenvalue weighted by molar-refractivity contribution is 0.208. The van der Waals surface area contributed by atoms with Crippen LogP contribution in [0.3, 0.4) is 0 Å². The summed E-state index contributed by atoms with van der Waals surface area (Å²) in [6, 6.07) is 33.9. The molecule has 4 nitrogen and oxygen atoms in total. The van der Waals surface area contributed by atoms with E-state index in [1.54, 1.807) is 24.3 Å². The molecule has 1 saturated carbocycles. The van der Waals surface area contributed by atoms with Gasteiger partial charge in [-0.3, -0.25) is 0 Å². The lowest BCUT2D eigenvalue weighted by Crippen LogP contribution is -2.40. The van der Waals surface area contributed by atoms with Crippen molar-refractivity contribution in [3.05, 3.63) is 131 Å². The second kappa shape index (κ2) is 11.7. The molecule has 0 aromatic heterocycles. The highest BCUT2D eigenvalue weighted by molar-refractivity contribution is 7.91. The van der Waals surface area contributed by atoms with Crippen LogP contribution in [0.25, 0.3) is 0 Å². The third-order valence-electron chi connectivity index (χ3n) is 8.41. The van der Waals surface area contributed by atoms with E-state index in [2.05, 4.69) is 0 Å². The smallest absolute Gasteiger partial charge is 0.178 e. The molecule has 0 saturated heterocycles. The van der Waals surface area contributed by atoms with Crippen LogP contribution in [-0.4, -0.2) is 28.3 Å². The first-order valence-corrected chi connectivity index (χ1v) is 17.1. The summed E-state index contributed by atoms with van der Waals surface area (Å²) in [6.45, 7) is 3.86. The van der Waals surface area contributed by atoms with E-state index in [4.69, 9.17) is 0 Å². The summed E-state index contributed by atoms with van der Waals surface area (Å²) in [6.07, 6.45) is 1.58. The van der Waals surface area contributed by atoms with Gasteiger partial charge in [-0.25, -0.2) is 16.8 Å². The molecule has 4 aromatic carbocycles. The van der Waals surface area contributed by atoms with Gasteiger partial charge >= 0.3 is 0 Å². The maximum atomic E-state index is 13.9. The molecule has 0 spiro atoms. The van der Waals surface area contributed by atoms with Crippen molar-refractivity contribution < 1.29 is 16.8 Å². The first-order valence-electron chi connectivity index (χ1n) is 13.8. The fraction of sp³-hybridized carbons (Fsp3) is 0.294. The molecule has 1 aliphatic carbocycles. The van der Waals surface area contributed by atoms with Gasteiger partial charge in [-0.15, -0.1) is 0 Å². The molecule has 40 heavy (non-hydrogen) atoms. The number of sulfone groups is 2. The fourth-order valence-corrected chi connectivity index (χ4v) is 9.74. The van der Waals surface area contributed by atoms with Gasteiger partial charge in [0.1, 0.15) is 0 Å². The molecule has 0 heterocycles. The van der Waals surface area contributed by atoms with Crippen molar-refractivity contribution in [1.29, 1.82) is 0 Å². The molecular weight excluding hydrogens is 537 g/mol. The summed E-state index contributed by atoms with van der Waals surface area (Å²) in [5, 5.41) is 0. The number of benzene rings is 4. The number of hydrogen-bond donors (Lipinski definition) is 0. The molecule has 1 fully saturated rings. The quantitative estimate of drug-likeness (QED) is 0.225. The van der Waals surface area contributed by atoms with Gasteiger partial charge in [0.15, 0.2) is 19.7 Å². The Hall–Kier alpha value is -3.22. The van der Waals surface area contributed by atoms with Gasteiger partial charge in [0.25, 0.3) is 0 Å². The number of rotatable bonds is 8. The van der Waals surface area contributed by atoms with Gasteiger partial charge in [-0.2, -0.15) is 0 Å². The van der Waals surface area contributed by atoms with Gasteiger partial charge in [0, 0.05) is 0 Å². The van der Waals surface area contributed by atoms with Crippen molar-refractivity contribution in [2.24, 2.45) is 11.8 Å². The van der Waals surface area contributed by atoms with E-state index in [9.17, 15) is 16.8 Å². The molecule has 4 atom stereocenters. The minimum Gasteiger partial charge on any atom is -0.224 e. The van der Waals surface area contributed by atoms with Crippen LogP contribution < -0.4 is 0 Å². The average molecular weight is 573 g/mol. The molecular formula is C34H36O4S2. The monoisotopic (exact) mass is 572 g/mol. The van der Waals surface area contributed by atoms with E-state index in [-0.39, 0.29) is 45.0 Å². The van der Waals surface area contributed by atoms with Gasteiger partial charge in [-0.05, 0) is 85.8 Å². The Morgan fingerprint density at radius 1 is 0.500 bits per heavy atom. The highest BCUT2D eigenvalue weighted by Gasteiger charge is 2.44. The highest BCUT2D eigenvalue weighted by Crippen LogP contribution is 2.50. The van der Waals surface area contributed by atoms with E-state index >= 15 is 0 Å². The summed E-state index contributed by atoms with van der Waals surface area (Å²) in [4.78, 5) is 0.568. The van der Waals surface area contributed by atoms with Crippen LogP contribution >= 0.6 is 0 Å². The standard InChI is InChI=1S/C34H36O4S2/c1-25-13-17-29(18-14-25)39(35,36)23-33-31(27-9-5-3-6-10-27)21-22-32(28-11-7-4-8-12-28)34(33)24-40(37,38)30-19-15-26(2)16-20-30/h3-20,31-34H,21-24H2,1-2H3. The molecule has 4 unspecified atom stereocenters. The maximum Gasteiger partial charge on any atom is 0.178 e. The van der Waals surface area contributed by atoms with E-state index < -0.39 is 19.7 Å². The van der Waals surface area contributed by atoms with Crippen LogP contribution in [0.1, 0.15) is 46.9 Å². The zero-order chi connectivity index (χ0) is 28.3. The van der Waals surface area contributed by atoms with Gasteiger partial charge in [0.05, 0.1) is 21.3 Å². The van der Waals surface area contributed by atoms with Crippen molar-refractivity contribution in [3.8, 4) is 0 Å². The van der Waals surface area contributed by atoms with Gasteiger partial charge in [0.2, 0.25) is 0 Å². The summed E-state index contributed by atoms with van der Waals surface area (Å²) < 4.78 is 55.6. The summed E-state index contributed by atoms with van der Waals surface area (Å²) in [7, 11) is -7.35. The molecule has 0 N–H and O–H groups in total. The van der Waals surface area contributed by atoms with Crippen molar-refractivity contribution in [2.75, 3.05) is 11.5 Å². The van der Waals surface area contributed by atoms with Crippen LogP contribution in [0, 0.1) is 25.7 Å². The first kappa shape index (κ1) is 28.3. The van der Waals surface area contributed by atoms with E-state index in [0.717, 1.165) is 35.1 Å². The Bertz CT molecular complexity index is 1500. The zero-order valence-corrected chi connectivity index (χ0v) is 24.6. The lowest BCUT2D eigenvalue weighted by atomic mass is 9.64. The third-order valence-corrected chi connectivity index (χ3v) is 12.0. The largest absolute Gasteiger partial charge is 0.224 e. The fourth-order valence-electron chi connectivity index (χ4n) is 6.28. The van der Waals surface area contributed by atoms with Crippen molar-refractivity contribution in [2.45, 2.75) is 48.3 Å². The van der Waals surface area contributed by atoms with Crippen LogP contribution in [0.15, 0.2) is 119 Å². The van der Waals surface area contributed by atoms with Crippen LogP contribution in [0.2, 0.25) is 0 Å². The Morgan fingerprint density at radius 2 is 0.825 bits per heavy atom. The van der Waals surface area contributed by atoms with E-state index in [1.165, 1.54) is 0 Å². The minimum absolute atomic E-state index is 0.0698. The summed E-state index contributed by atoms with van der Waals surface area (Å²) in [5.74, 6) is -1.11. The molecule has 0 aliphatic heterocycles. The van der Waals surface area contributed by atoms with Crippen molar-refractivity contribution in [3.63, 3.8) is 0 Å². The number of hydrogen-bond acceptors (Lipinski definition) is 4. The predicted octanol–water partition coefficient (Wildman–Crippen LogP) is 7.14. The predicted molar refractivity (Wildman–Crippen MR) is 161 cm³/mol. The normalized spacial score (nSPS) is 21.6.